The Bertz CT molecular complexity index is 956. The lowest BCUT2D eigenvalue weighted by molar-refractivity contribution is -0.384. The highest BCUT2D eigenvalue weighted by atomic mass is 35.5. The fourth-order valence-electron chi connectivity index (χ4n) is 2.16. The SMILES string of the molecule is O=c1c(SCc2ccc([N+](=O)[O-])cc2)nccn1-c1ccc(Cl)cc1. The molecule has 0 amide bonds. The topological polar surface area (TPSA) is 78.0 Å². The number of aromatic nitrogens is 2. The maximum absolute atomic E-state index is 12.6. The van der Waals surface area contributed by atoms with Gasteiger partial charge in [-0.15, -0.1) is 0 Å². The van der Waals surface area contributed by atoms with Crippen LogP contribution < -0.4 is 5.56 Å². The molecule has 0 radical (unpaired) electrons. The van der Waals surface area contributed by atoms with Gasteiger partial charge in [-0.2, -0.15) is 0 Å². The van der Waals surface area contributed by atoms with Crippen LogP contribution >= 0.6 is 23.4 Å². The molecule has 0 aliphatic carbocycles. The summed E-state index contributed by atoms with van der Waals surface area (Å²) in [5, 5.41) is 11.6. The van der Waals surface area contributed by atoms with Crippen LogP contribution in [0.4, 0.5) is 5.69 Å². The van der Waals surface area contributed by atoms with Gasteiger partial charge in [-0.25, -0.2) is 4.98 Å². The maximum Gasteiger partial charge on any atom is 0.287 e. The molecule has 0 fully saturated rings. The van der Waals surface area contributed by atoms with Crippen molar-refractivity contribution in [3.63, 3.8) is 0 Å². The van der Waals surface area contributed by atoms with E-state index in [2.05, 4.69) is 4.98 Å². The number of rotatable bonds is 5. The summed E-state index contributed by atoms with van der Waals surface area (Å²) in [4.78, 5) is 26.9. The molecule has 0 atom stereocenters. The summed E-state index contributed by atoms with van der Waals surface area (Å²) >= 11 is 7.16. The first kappa shape index (κ1) is 17.2. The van der Waals surface area contributed by atoms with E-state index in [1.807, 2.05) is 0 Å². The highest BCUT2D eigenvalue weighted by Crippen LogP contribution is 2.20. The van der Waals surface area contributed by atoms with E-state index in [-0.39, 0.29) is 11.2 Å². The van der Waals surface area contributed by atoms with Crippen LogP contribution in [0.2, 0.25) is 5.02 Å². The predicted molar refractivity (Wildman–Crippen MR) is 97.5 cm³/mol. The summed E-state index contributed by atoms with van der Waals surface area (Å²) in [6.45, 7) is 0. The van der Waals surface area contributed by atoms with Gasteiger partial charge in [0, 0.05) is 41.0 Å². The molecule has 0 aliphatic heterocycles. The van der Waals surface area contributed by atoms with Crippen molar-refractivity contribution in [1.82, 2.24) is 9.55 Å². The molecule has 25 heavy (non-hydrogen) atoms. The number of benzene rings is 2. The van der Waals surface area contributed by atoms with Gasteiger partial charge in [-0.1, -0.05) is 35.5 Å². The minimum atomic E-state index is -0.444. The average molecular weight is 374 g/mol. The third-order valence-corrected chi connectivity index (χ3v) is 4.72. The lowest BCUT2D eigenvalue weighted by atomic mass is 10.2. The van der Waals surface area contributed by atoms with Crippen LogP contribution in [0.5, 0.6) is 0 Å². The van der Waals surface area contributed by atoms with Crippen molar-refractivity contribution in [3.8, 4) is 5.69 Å². The second kappa shape index (κ2) is 7.50. The van der Waals surface area contributed by atoms with Crippen LogP contribution in [0.15, 0.2) is 70.7 Å². The Balaban J connectivity index is 1.79. The molecule has 6 nitrogen and oxygen atoms in total. The van der Waals surface area contributed by atoms with Crippen LogP contribution in [-0.2, 0) is 5.75 Å². The van der Waals surface area contributed by atoms with Crippen LogP contribution in [0.3, 0.4) is 0 Å². The summed E-state index contributed by atoms with van der Waals surface area (Å²) < 4.78 is 1.50. The van der Waals surface area contributed by atoms with Crippen molar-refractivity contribution in [2.75, 3.05) is 0 Å². The van der Waals surface area contributed by atoms with Gasteiger partial charge in [-0.3, -0.25) is 19.5 Å². The van der Waals surface area contributed by atoms with Crippen LogP contribution in [-0.4, -0.2) is 14.5 Å². The van der Waals surface area contributed by atoms with Gasteiger partial charge in [-0.05, 0) is 29.8 Å². The van der Waals surface area contributed by atoms with Crippen molar-refractivity contribution >= 4 is 29.1 Å². The van der Waals surface area contributed by atoms with Crippen molar-refractivity contribution in [2.24, 2.45) is 0 Å². The molecule has 0 saturated carbocycles. The number of halogens is 1. The molecule has 0 unspecified atom stereocenters. The summed E-state index contributed by atoms with van der Waals surface area (Å²) in [6.07, 6.45) is 3.16. The summed E-state index contributed by atoms with van der Waals surface area (Å²) in [6, 6.07) is 13.2. The smallest absolute Gasteiger partial charge is 0.280 e. The van der Waals surface area contributed by atoms with Crippen LogP contribution in [0.1, 0.15) is 5.56 Å². The van der Waals surface area contributed by atoms with Gasteiger partial charge in [0.05, 0.1) is 4.92 Å². The third kappa shape index (κ3) is 4.07. The highest BCUT2D eigenvalue weighted by molar-refractivity contribution is 7.98. The molecule has 126 valence electrons. The number of nitro benzene ring substituents is 1. The first-order valence-corrected chi connectivity index (χ1v) is 8.61. The van der Waals surface area contributed by atoms with E-state index >= 15 is 0 Å². The zero-order valence-electron chi connectivity index (χ0n) is 12.8. The van der Waals surface area contributed by atoms with Gasteiger partial charge in [0.2, 0.25) is 0 Å². The standard InChI is InChI=1S/C17H12ClN3O3S/c18-13-3-7-14(8-4-13)20-10-9-19-16(17(20)22)25-11-12-1-5-15(6-2-12)21(23)24/h1-10H,11H2. The second-order valence-corrected chi connectivity index (χ2v) is 6.50. The molecular formula is C17H12ClN3O3S. The first-order chi connectivity index (χ1) is 12.0. The monoisotopic (exact) mass is 373 g/mol. The average Bonchev–Trinajstić information content (AvgIpc) is 2.62. The van der Waals surface area contributed by atoms with E-state index in [0.29, 0.717) is 21.5 Å². The number of nitrogens with zero attached hydrogens (tertiary/aromatic N) is 3. The van der Waals surface area contributed by atoms with E-state index < -0.39 is 4.92 Å². The summed E-state index contributed by atoms with van der Waals surface area (Å²) in [5.74, 6) is 0.491. The molecule has 2 aromatic carbocycles. The molecule has 0 bridgehead atoms. The van der Waals surface area contributed by atoms with Crippen molar-refractivity contribution in [3.05, 3.63) is 92.0 Å². The molecule has 0 N–H and O–H groups in total. The second-order valence-electron chi connectivity index (χ2n) is 5.10. The molecule has 1 aromatic heterocycles. The molecular weight excluding hydrogens is 362 g/mol. The Labute approximate surface area is 152 Å². The molecule has 0 aliphatic rings. The highest BCUT2D eigenvalue weighted by Gasteiger charge is 2.09. The van der Waals surface area contributed by atoms with E-state index in [0.717, 1.165) is 5.56 Å². The summed E-state index contributed by atoms with van der Waals surface area (Å²) in [7, 11) is 0. The third-order valence-electron chi connectivity index (χ3n) is 3.44. The lowest BCUT2D eigenvalue weighted by Gasteiger charge is -2.07. The molecule has 1 heterocycles. The van der Waals surface area contributed by atoms with Gasteiger partial charge in [0.25, 0.3) is 11.2 Å². The van der Waals surface area contributed by atoms with Gasteiger partial charge < -0.3 is 0 Å². The number of nitro groups is 1. The fourth-order valence-corrected chi connectivity index (χ4v) is 3.14. The van der Waals surface area contributed by atoms with Crippen LogP contribution in [0.25, 0.3) is 5.69 Å². The van der Waals surface area contributed by atoms with Crippen molar-refractivity contribution in [2.45, 2.75) is 10.8 Å². The number of hydrogen-bond donors (Lipinski definition) is 0. The van der Waals surface area contributed by atoms with Crippen LogP contribution in [0, 0.1) is 10.1 Å². The number of non-ortho nitro benzene ring substituents is 1. The predicted octanol–water partition coefficient (Wildman–Crippen LogP) is 4.09. The number of thioether (sulfide) groups is 1. The van der Waals surface area contributed by atoms with E-state index in [4.69, 9.17) is 11.6 Å². The Morgan fingerprint density at radius 2 is 1.80 bits per heavy atom. The fraction of sp³-hybridized carbons (Fsp3) is 0.0588. The Morgan fingerprint density at radius 3 is 2.44 bits per heavy atom. The minimum absolute atomic E-state index is 0.0386. The van der Waals surface area contributed by atoms with E-state index in [9.17, 15) is 14.9 Å². The maximum atomic E-state index is 12.6. The normalized spacial score (nSPS) is 10.6. The minimum Gasteiger partial charge on any atom is -0.280 e. The van der Waals surface area contributed by atoms with E-state index in [1.54, 1.807) is 48.8 Å². The van der Waals surface area contributed by atoms with Crippen molar-refractivity contribution in [1.29, 1.82) is 0 Å². The van der Waals surface area contributed by atoms with E-state index in [1.165, 1.54) is 28.5 Å². The zero-order valence-corrected chi connectivity index (χ0v) is 14.4. The first-order valence-electron chi connectivity index (χ1n) is 7.24. The number of hydrogen-bond acceptors (Lipinski definition) is 5. The summed E-state index contributed by atoms with van der Waals surface area (Å²) in [5.41, 5.74) is 1.39. The molecule has 8 heteroatoms. The zero-order chi connectivity index (χ0) is 17.8. The Kier molecular flexibility index (Phi) is 5.16. The molecule has 0 spiro atoms. The quantitative estimate of drug-likeness (QED) is 0.382. The largest absolute Gasteiger partial charge is 0.287 e. The molecule has 3 rings (SSSR count). The molecule has 3 aromatic rings. The lowest BCUT2D eigenvalue weighted by Crippen LogP contribution is -2.20. The Morgan fingerprint density at radius 1 is 1.12 bits per heavy atom. The van der Waals surface area contributed by atoms with Gasteiger partial charge in [0.1, 0.15) is 0 Å². The molecule has 0 saturated heterocycles. The van der Waals surface area contributed by atoms with Gasteiger partial charge >= 0.3 is 0 Å². The van der Waals surface area contributed by atoms with Gasteiger partial charge in [0.15, 0.2) is 5.03 Å². The van der Waals surface area contributed by atoms with Crippen molar-refractivity contribution < 1.29 is 4.92 Å². The Hall–Kier alpha value is -2.64.